The molecule has 1 aromatic rings. The van der Waals surface area contributed by atoms with Crippen molar-refractivity contribution in [2.45, 2.75) is 25.8 Å². The summed E-state index contributed by atoms with van der Waals surface area (Å²) in [5.41, 5.74) is 7.49. The highest BCUT2D eigenvalue weighted by Gasteiger charge is 2.47. The Morgan fingerprint density at radius 2 is 1.84 bits per heavy atom. The molecule has 3 N–H and O–H groups in total. The Bertz CT molecular complexity index is 501. The molecular formula is C15H18N2OS. The molecule has 0 saturated heterocycles. The maximum absolute atomic E-state index is 12.0. The molecule has 0 heterocycles. The maximum Gasteiger partial charge on any atom is 0.223 e. The molecule has 2 atom stereocenters. The van der Waals surface area contributed by atoms with Gasteiger partial charge in [0.15, 0.2) is 0 Å². The first-order chi connectivity index (χ1) is 9.13. The van der Waals surface area contributed by atoms with Crippen molar-refractivity contribution in [1.29, 1.82) is 0 Å². The van der Waals surface area contributed by atoms with Crippen LogP contribution in [0.4, 0.5) is 0 Å². The van der Waals surface area contributed by atoms with Crippen molar-refractivity contribution < 1.29 is 4.79 Å². The fourth-order valence-electron chi connectivity index (χ4n) is 3.05. The molecule has 2 saturated carbocycles. The second-order valence-corrected chi connectivity index (χ2v) is 6.14. The predicted molar refractivity (Wildman–Crippen MR) is 78.5 cm³/mol. The van der Waals surface area contributed by atoms with E-state index in [0.717, 1.165) is 35.8 Å². The summed E-state index contributed by atoms with van der Waals surface area (Å²) < 4.78 is 0. The van der Waals surface area contributed by atoms with Crippen LogP contribution < -0.4 is 11.1 Å². The Morgan fingerprint density at radius 3 is 2.42 bits per heavy atom. The minimum Gasteiger partial charge on any atom is -0.389 e. The summed E-state index contributed by atoms with van der Waals surface area (Å²) in [5.74, 6) is 2.16. The Hall–Kier alpha value is -1.42. The molecule has 2 fully saturated rings. The van der Waals surface area contributed by atoms with Gasteiger partial charge in [0, 0.05) is 18.0 Å². The van der Waals surface area contributed by atoms with E-state index < -0.39 is 0 Å². The normalized spacial score (nSPS) is 27.7. The number of nitrogens with one attached hydrogen (secondary N) is 1. The summed E-state index contributed by atoms with van der Waals surface area (Å²) >= 11 is 4.91. The van der Waals surface area contributed by atoms with Gasteiger partial charge in [-0.15, -0.1) is 0 Å². The van der Waals surface area contributed by atoms with Crippen LogP contribution in [0.3, 0.4) is 0 Å². The third kappa shape index (κ3) is 2.78. The second-order valence-electron chi connectivity index (χ2n) is 5.70. The van der Waals surface area contributed by atoms with Crippen molar-refractivity contribution in [3.8, 4) is 0 Å². The summed E-state index contributed by atoms with van der Waals surface area (Å²) in [7, 11) is 0. The molecule has 3 rings (SSSR count). The number of rotatable bonds is 4. The SMILES string of the molecule is NC(=S)c1ccc(CNC(=O)C2CC3CC3C2)cc1. The molecule has 0 bridgehead atoms. The molecule has 1 amide bonds. The van der Waals surface area contributed by atoms with Crippen LogP contribution >= 0.6 is 12.2 Å². The Morgan fingerprint density at radius 1 is 1.21 bits per heavy atom. The van der Waals surface area contributed by atoms with Crippen molar-refractivity contribution in [2.24, 2.45) is 23.5 Å². The number of hydrogen-bond acceptors (Lipinski definition) is 2. The molecule has 2 aliphatic rings. The van der Waals surface area contributed by atoms with Crippen LogP contribution in [-0.4, -0.2) is 10.9 Å². The molecule has 19 heavy (non-hydrogen) atoms. The molecule has 0 aromatic heterocycles. The molecule has 0 spiro atoms. The van der Waals surface area contributed by atoms with Crippen molar-refractivity contribution >= 4 is 23.1 Å². The number of carbonyl (C=O) groups is 1. The zero-order valence-electron chi connectivity index (χ0n) is 10.8. The molecular weight excluding hydrogens is 256 g/mol. The quantitative estimate of drug-likeness (QED) is 0.826. The number of amides is 1. The van der Waals surface area contributed by atoms with Gasteiger partial charge >= 0.3 is 0 Å². The maximum atomic E-state index is 12.0. The zero-order valence-corrected chi connectivity index (χ0v) is 11.6. The Labute approximate surface area is 118 Å². The lowest BCUT2D eigenvalue weighted by molar-refractivity contribution is -0.125. The lowest BCUT2D eigenvalue weighted by Gasteiger charge is -2.12. The molecule has 0 radical (unpaired) electrons. The minimum absolute atomic E-state index is 0.214. The van der Waals surface area contributed by atoms with Crippen LogP contribution in [0.5, 0.6) is 0 Å². The number of nitrogens with two attached hydrogens (primary N) is 1. The van der Waals surface area contributed by atoms with E-state index in [1.54, 1.807) is 0 Å². The average molecular weight is 274 g/mol. The third-order valence-electron chi connectivity index (χ3n) is 4.32. The smallest absolute Gasteiger partial charge is 0.223 e. The highest BCUT2D eigenvalue weighted by Crippen LogP contribution is 2.54. The van der Waals surface area contributed by atoms with Gasteiger partial charge in [-0.3, -0.25) is 4.79 Å². The van der Waals surface area contributed by atoms with Gasteiger partial charge in [0.25, 0.3) is 0 Å². The second kappa shape index (κ2) is 4.93. The standard InChI is InChI=1S/C15H18N2OS/c16-14(19)10-3-1-9(2-4-10)8-17-15(18)13-6-11-5-12(11)7-13/h1-4,11-13H,5-8H2,(H2,16,19)(H,17,18). The van der Waals surface area contributed by atoms with E-state index in [2.05, 4.69) is 5.32 Å². The highest BCUT2D eigenvalue weighted by atomic mass is 32.1. The first-order valence-electron chi connectivity index (χ1n) is 6.80. The van der Waals surface area contributed by atoms with Crippen LogP contribution in [0.1, 0.15) is 30.4 Å². The van der Waals surface area contributed by atoms with Gasteiger partial charge in [-0.25, -0.2) is 0 Å². The fraction of sp³-hybridized carbons (Fsp3) is 0.467. The van der Waals surface area contributed by atoms with E-state index >= 15 is 0 Å². The number of hydrogen-bond donors (Lipinski definition) is 2. The zero-order chi connectivity index (χ0) is 13.4. The van der Waals surface area contributed by atoms with Gasteiger partial charge in [0.1, 0.15) is 4.99 Å². The summed E-state index contributed by atoms with van der Waals surface area (Å²) in [6, 6.07) is 7.71. The predicted octanol–water partition coefficient (Wildman–Crippen LogP) is 1.98. The number of carbonyl (C=O) groups excluding carboxylic acids is 1. The average Bonchev–Trinajstić information content (AvgIpc) is 3.03. The molecule has 2 aliphatic carbocycles. The first kappa shape index (κ1) is 12.6. The van der Waals surface area contributed by atoms with Crippen LogP contribution in [0.25, 0.3) is 0 Å². The molecule has 0 aliphatic heterocycles. The van der Waals surface area contributed by atoms with Crippen molar-refractivity contribution in [1.82, 2.24) is 5.32 Å². The molecule has 100 valence electrons. The fourth-order valence-corrected chi connectivity index (χ4v) is 3.19. The van der Waals surface area contributed by atoms with Gasteiger partial charge in [0.2, 0.25) is 5.91 Å². The molecule has 2 unspecified atom stereocenters. The number of thiocarbonyl (C=S) groups is 1. The van der Waals surface area contributed by atoms with Crippen molar-refractivity contribution in [3.05, 3.63) is 35.4 Å². The molecule has 4 heteroatoms. The van der Waals surface area contributed by atoms with Crippen LogP contribution in [0.2, 0.25) is 0 Å². The van der Waals surface area contributed by atoms with Gasteiger partial charge in [-0.1, -0.05) is 36.5 Å². The van der Waals surface area contributed by atoms with Crippen LogP contribution in [0, 0.1) is 17.8 Å². The lowest BCUT2D eigenvalue weighted by atomic mass is 10.0. The van der Waals surface area contributed by atoms with Gasteiger partial charge in [0.05, 0.1) is 0 Å². The first-order valence-corrected chi connectivity index (χ1v) is 7.21. The monoisotopic (exact) mass is 274 g/mol. The number of fused-ring (bicyclic) bond motifs is 1. The van der Waals surface area contributed by atoms with Crippen molar-refractivity contribution in [3.63, 3.8) is 0 Å². The lowest BCUT2D eigenvalue weighted by Crippen LogP contribution is -2.29. The molecule has 1 aromatic carbocycles. The van der Waals surface area contributed by atoms with Gasteiger partial charge < -0.3 is 11.1 Å². The largest absolute Gasteiger partial charge is 0.389 e. The van der Waals surface area contributed by atoms with Gasteiger partial charge in [-0.05, 0) is 36.7 Å². The topological polar surface area (TPSA) is 55.1 Å². The summed E-state index contributed by atoms with van der Waals surface area (Å²) in [5, 5.41) is 3.03. The molecule has 3 nitrogen and oxygen atoms in total. The van der Waals surface area contributed by atoms with E-state index in [4.69, 9.17) is 18.0 Å². The van der Waals surface area contributed by atoms with E-state index in [9.17, 15) is 4.79 Å². The third-order valence-corrected chi connectivity index (χ3v) is 4.56. The van der Waals surface area contributed by atoms with Gasteiger partial charge in [-0.2, -0.15) is 0 Å². The Balaban J connectivity index is 1.51. The van der Waals surface area contributed by atoms with E-state index in [-0.39, 0.29) is 11.8 Å². The summed E-state index contributed by atoms with van der Waals surface area (Å²) in [6.07, 6.45) is 3.54. The van der Waals surface area contributed by atoms with E-state index in [1.165, 1.54) is 6.42 Å². The minimum atomic E-state index is 0.214. The highest BCUT2D eigenvalue weighted by molar-refractivity contribution is 7.80. The summed E-state index contributed by atoms with van der Waals surface area (Å²) in [6.45, 7) is 0.586. The Kier molecular flexibility index (Phi) is 3.27. The number of benzene rings is 1. The van der Waals surface area contributed by atoms with Crippen LogP contribution in [0.15, 0.2) is 24.3 Å². The summed E-state index contributed by atoms with van der Waals surface area (Å²) in [4.78, 5) is 12.4. The van der Waals surface area contributed by atoms with E-state index in [0.29, 0.717) is 11.5 Å². The van der Waals surface area contributed by atoms with Crippen molar-refractivity contribution in [2.75, 3.05) is 0 Å². The van der Waals surface area contributed by atoms with Crippen LogP contribution in [-0.2, 0) is 11.3 Å². The van der Waals surface area contributed by atoms with E-state index in [1.807, 2.05) is 24.3 Å².